The summed E-state index contributed by atoms with van der Waals surface area (Å²) in [7, 11) is 0. The molecule has 2 aromatic rings. The second kappa shape index (κ2) is 5.98. The van der Waals surface area contributed by atoms with Gasteiger partial charge in [-0.25, -0.2) is 19.3 Å². The van der Waals surface area contributed by atoms with Gasteiger partial charge >= 0.3 is 0 Å². The van der Waals surface area contributed by atoms with Crippen LogP contribution in [0.3, 0.4) is 0 Å². The molecule has 1 aliphatic heterocycles. The van der Waals surface area contributed by atoms with Crippen molar-refractivity contribution in [3.63, 3.8) is 0 Å². The number of hydrogen-bond acceptors (Lipinski definition) is 6. The number of aromatic nitrogens is 4. The number of nitrogens with zero attached hydrogens (tertiary/aromatic N) is 5. The highest BCUT2D eigenvalue weighted by Gasteiger charge is 2.25. The van der Waals surface area contributed by atoms with Crippen molar-refractivity contribution in [1.29, 1.82) is 5.26 Å². The Morgan fingerprint density at radius 3 is 2.62 bits per heavy atom. The van der Waals surface area contributed by atoms with E-state index in [2.05, 4.69) is 15.0 Å². The van der Waals surface area contributed by atoms with Gasteiger partial charge in [0.15, 0.2) is 5.16 Å². The third kappa shape index (κ3) is 2.91. The van der Waals surface area contributed by atoms with E-state index in [1.165, 1.54) is 16.3 Å². The molecule has 24 heavy (non-hydrogen) atoms. The molecule has 0 spiro atoms. The summed E-state index contributed by atoms with van der Waals surface area (Å²) in [6.07, 6.45) is 2.02. The summed E-state index contributed by atoms with van der Waals surface area (Å²) in [4.78, 5) is 25.5. The summed E-state index contributed by atoms with van der Waals surface area (Å²) in [5.41, 5.74) is -0.0827. The van der Waals surface area contributed by atoms with Crippen LogP contribution in [0.1, 0.15) is 32.2 Å². The van der Waals surface area contributed by atoms with Crippen LogP contribution < -0.4 is 5.56 Å². The molecule has 8 heteroatoms. The molecule has 3 rings (SSSR count). The van der Waals surface area contributed by atoms with E-state index in [4.69, 9.17) is 0 Å². The summed E-state index contributed by atoms with van der Waals surface area (Å²) < 4.78 is 14.8. The lowest BCUT2D eigenvalue weighted by Crippen LogP contribution is -2.33. The monoisotopic (exact) mass is 345 g/mol. The van der Waals surface area contributed by atoms with E-state index >= 15 is 0 Å². The summed E-state index contributed by atoms with van der Waals surface area (Å²) in [5, 5.41) is 9.79. The molecule has 2 aromatic heterocycles. The lowest BCUT2D eigenvalue weighted by Gasteiger charge is -2.21. The van der Waals surface area contributed by atoms with Crippen molar-refractivity contribution in [2.24, 2.45) is 0 Å². The molecule has 0 amide bonds. The fraction of sp³-hybridized carbons (Fsp3) is 0.438. The van der Waals surface area contributed by atoms with Gasteiger partial charge in [0, 0.05) is 29.1 Å². The van der Waals surface area contributed by atoms with Crippen LogP contribution >= 0.6 is 11.8 Å². The van der Waals surface area contributed by atoms with Gasteiger partial charge in [0.25, 0.3) is 5.56 Å². The molecule has 0 saturated carbocycles. The zero-order valence-corrected chi connectivity index (χ0v) is 14.4. The van der Waals surface area contributed by atoms with Crippen molar-refractivity contribution in [2.45, 2.75) is 44.1 Å². The SMILES string of the molecule is CC(C)(C)c1ncc(-c2nc3n(c(=O)c2C#N)CC(F)CS3)cn1. The second-order valence-corrected chi connectivity index (χ2v) is 7.59. The van der Waals surface area contributed by atoms with E-state index in [1.54, 1.807) is 12.4 Å². The van der Waals surface area contributed by atoms with Gasteiger partial charge in [-0.2, -0.15) is 5.26 Å². The van der Waals surface area contributed by atoms with Crippen LogP contribution in [0.5, 0.6) is 0 Å². The molecule has 0 aromatic carbocycles. The Morgan fingerprint density at radius 1 is 1.38 bits per heavy atom. The lowest BCUT2D eigenvalue weighted by molar-refractivity contribution is 0.303. The van der Waals surface area contributed by atoms with Gasteiger partial charge in [-0.1, -0.05) is 32.5 Å². The third-order valence-corrected chi connectivity index (χ3v) is 4.71. The normalized spacial score (nSPS) is 17.2. The fourth-order valence-electron chi connectivity index (χ4n) is 2.37. The number of rotatable bonds is 1. The molecular weight excluding hydrogens is 329 g/mol. The molecule has 0 fully saturated rings. The summed E-state index contributed by atoms with van der Waals surface area (Å²) in [6.45, 7) is 5.92. The van der Waals surface area contributed by atoms with E-state index in [9.17, 15) is 14.4 Å². The maximum atomic E-state index is 13.5. The van der Waals surface area contributed by atoms with Gasteiger partial charge in [-0.05, 0) is 0 Å². The first-order chi connectivity index (χ1) is 11.3. The Labute approximate surface area is 142 Å². The van der Waals surface area contributed by atoms with Crippen LogP contribution in [0.2, 0.25) is 0 Å². The quantitative estimate of drug-likeness (QED) is 0.738. The molecule has 1 unspecified atom stereocenters. The van der Waals surface area contributed by atoms with Gasteiger partial charge in [0.05, 0.1) is 12.2 Å². The van der Waals surface area contributed by atoms with E-state index in [1.807, 2.05) is 26.8 Å². The van der Waals surface area contributed by atoms with E-state index in [0.29, 0.717) is 16.5 Å². The van der Waals surface area contributed by atoms with Crippen molar-refractivity contribution in [3.8, 4) is 17.3 Å². The Morgan fingerprint density at radius 2 is 2.04 bits per heavy atom. The molecule has 0 bridgehead atoms. The maximum absolute atomic E-state index is 13.5. The molecule has 124 valence electrons. The number of nitriles is 1. The van der Waals surface area contributed by atoms with Gasteiger partial charge in [-0.3, -0.25) is 9.36 Å². The van der Waals surface area contributed by atoms with Crippen LogP contribution in [0.25, 0.3) is 11.3 Å². The van der Waals surface area contributed by atoms with Gasteiger partial charge < -0.3 is 0 Å². The number of alkyl halides is 1. The zero-order chi connectivity index (χ0) is 17.5. The van der Waals surface area contributed by atoms with E-state index in [-0.39, 0.29) is 29.0 Å². The minimum Gasteiger partial charge on any atom is -0.283 e. The molecule has 3 heterocycles. The van der Waals surface area contributed by atoms with Crippen molar-refractivity contribution in [3.05, 3.63) is 34.1 Å². The predicted molar refractivity (Wildman–Crippen MR) is 88.6 cm³/mol. The van der Waals surface area contributed by atoms with Crippen LogP contribution in [0, 0.1) is 11.3 Å². The Balaban J connectivity index is 2.14. The molecule has 1 aliphatic rings. The van der Waals surface area contributed by atoms with Gasteiger partial charge in [0.2, 0.25) is 0 Å². The van der Waals surface area contributed by atoms with Crippen molar-refractivity contribution < 1.29 is 4.39 Å². The Bertz CT molecular complexity index is 880. The molecule has 0 radical (unpaired) electrons. The first-order valence-electron chi connectivity index (χ1n) is 7.46. The number of halogens is 1. The summed E-state index contributed by atoms with van der Waals surface area (Å²) in [5.74, 6) is 0.908. The summed E-state index contributed by atoms with van der Waals surface area (Å²) >= 11 is 1.17. The number of hydrogen-bond donors (Lipinski definition) is 0. The van der Waals surface area contributed by atoms with E-state index in [0.717, 1.165) is 0 Å². The average Bonchev–Trinajstić information content (AvgIpc) is 2.54. The first-order valence-corrected chi connectivity index (χ1v) is 8.44. The van der Waals surface area contributed by atoms with Gasteiger partial charge in [-0.15, -0.1) is 0 Å². The standard InChI is InChI=1S/C16H16FN5OS/c1-16(2,3)14-19-5-9(6-20-14)12-11(4-18)13(23)22-7-10(17)8-24-15(22)21-12/h5-6,10H,7-8H2,1-3H3. The van der Waals surface area contributed by atoms with Crippen molar-refractivity contribution in [2.75, 3.05) is 5.75 Å². The molecule has 1 atom stereocenters. The highest BCUT2D eigenvalue weighted by molar-refractivity contribution is 7.99. The first kappa shape index (κ1) is 16.6. The van der Waals surface area contributed by atoms with Crippen LogP contribution in [0.4, 0.5) is 4.39 Å². The van der Waals surface area contributed by atoms with Crippen molar-refractivity contribution in [1.82, 2.24) is 19.5 Å². The molecule has 6 nitrogen and oxygen atoms in total. The Hall–Kier alpha value is -2.27. The minimum atomic E-state index is -1.12. The number of fused-ring (bicyclic) bond motifs is 1. The predicted octanol–water partition coefficient (Wildman–Crippen LogP) is 2.31. The molecule has 0 N–H and O–H groups in total. The molecular formula is C16H16FN5OS. The third-order valence-electron chi connectivity index (χ3n) is 3.62. The smallest absolute Gasteiger partial charge is 0.272 e. The highest BCUT2D eigenvalue weighted by Crippen LogP contribution is 2.27. The Kier molecular flexibility index (Phi) is 4.13. The topological polar surface area (TPSA) is 84.5 Å². The average molecular weight is 345 g/mol. The van der Waals surface area contributed by atoms with Crippen molar-refractivity contribution >= 4 is 11.8 Å². The summed E-state index contributed by atoms with van der Waals surface area (Å²) in [6, 6.07) is 1.89. The zero-order valence-electron chi connectivity index (χ0n) is 13.6. The number of thioether (sulfide) groups is 1. The van der Waals surface area contributed by atoms with Crippen LogP contribution in [0.15, 0.2) is 22.3 Å². The minimum absolute atomic E-state index is 0.0669. The van der Waals surface area contributed by atoms with Gasteiger partial charge in [0.1, 0.15) is 23.6 Å². The molecule has 0 saturated heterocycles. The molecule has 0 aliphatic carbocycles. The van der Waals surface area contributed by atoms with Crippen LogP contribution in [-0.2, 0) is 12.0 Å². The maximum Gasteiger partial charge on any atom is 0.272 e. The van der Waals surface area contributed by atoms with Crippen LogP contribution in [-0.4, -0.2) is 31.4 Å². The highest BCUT2D eigenvalue weighted by atomic mass is 32.2. The second-order valence-electron chi connectivity index (χ2n) is 6.60. The lowest BCUT2D eigenvalue weighted by atomic mass is 9.95. The fourth-order valence-corrected chi connectivity index (χ4v) is 3.27. The largest absolute Gasteiger partial charge is 0.283 e. The van der Waals surface area contributed by atoms with E-state index < -0.39 is 11.7 Å².